The van der Waals surface area contributed by atoms with Gasteiger partial charge >= 0.3 is 0 Å². The van der Waals surface area contributed by atoms with E-state index in [4.69, 9.17) is 0 Å². The van der Waals surface area contributed by atoms with Crippen molar-refractivity contribution in [1.29, 1.82) is 0 Å². The molecule has 3 fully saturated rings. The summed E-state index contributed by atoms with van der Waals surface area (Å²) in [7, 11) is 0. The Morgan fingerprint density at radius 2 is 1.57 bits per heavy atom. The summed E-state index contributed by atoms with van der Waals surface area (Å²) in [5.41, 5.74) is 0.868. The molecule has 1 heterocycles. The minimum absolute atomic E-state index is 0.113. The molecule has 6 rings (SSSR count). The Hall–Kier alpha value is -1.75. The van der Waals surface area contributed by atoms with Crippen LogP contribution in [0.3, 0.4) is 0 Å². The van der Waals surface area contributed by atoms with Crippen molar-refractivity contribution >= 4 is 34.0 Å². The fourth-order valence-electron chi connectivity index (χ4n) is 4.73. The van der Waals surface area contributed by atoms with Gasteiger partial charge in [0.25, 0.3) is 11.8 Å². The molecule has 0 N–H and O–H groups in total. The van der Waals surface area contributed by atoms with E-state index in [0.29, 0.717) is 11.8 Å². The summed E-state index contributed by atoms with van der Waals surface area (Å²) in [6, 6.07) is 7.61. The highest BCUT2D eigenvalue weighted by molar-refractivity contribution is 9.10. The number of halogens is 1. The molecular weight excluding hydrogens is 356 g/mol. The number of hydrogen-bond acceptors (Lipinski definition) is 3. The number of rotatable bonds is 2. The molecule has 1 saturated heterocycles. The van der Waals surface area contributed by atoms with Gasteiger partial charge in [0, 0.05) is 4.47 Å². The SMILES string of the molecule is O=C1[C@@H]2[C@H]3C=C[C@@H]([C@@H]4C[C@@H]34)[C@H]2C(=O)N1/N=C\c1ccc(Br)cc1. The summed E-state index contributed by atoms with van der Waals surface area (Å²) in [6.45, 7) is 0. The number of amides is 2. The summed E-state index contributed by atoms with van der Waals surface area (Å²) in [6.07, 6.45) is 7.12. The van der Waals surface area contributed by atoms with Crippen LogP contribution in [0.5, 0.6) is 0 Å². The standard InChI is InChI=1S/C18H15BrN2O2/c19-10-3-1-9(2-4-10)8-20-21-17(22)15-11-5-6-12(14-7-13(11)14)16(15)18(21)23/h1-6,8,11-16H,7H2/b20-8-/t11-,12-,13-,14-,15+,16+/m0/s1. The Bertz CT molecular complexity index is 734. The lowest BCUT2D eigenvalue weighted by Crippen LogP contribution is -2.40. The molecule has 4 aliphatic carbocycles. The van der Waals surface area contributed by atoms with Crippen LogP contribution in [0.15, 0.2) is 46.0 Å². The van der Waals surface area contributed by atoms with E-state index < -0.39 is 0 Å². The van der Waals surface area contributed by atoms with Crippen LogP contribution >= 0.6 is 15.9 Å². The lowest BCUT2D eigenvalue weighted by Gasteiger charge is -2.37. The van der Waals surface area contributed by atoms with Crippen LogP contribution in [0.2, 0.25) is 0 Å². The van der Waals surface area contributed by atoms with E-state index in [2.05, 4.69) is 33.2 Å². The van der Waals surface area contributed by atoms with Crippen molar-refractivity contribution in [2.45, 2.75) is 6.42 Å². The minimum atomic E-state index is -0.177. The Balaban J connectivity index is 1.44. The van der Waals surface area contributed by atoms with Gasteiger partial charge in [0.05, 0.1) is 18.1 Å². The fourth-order valence-corrected chi connectivity index (χ4v) is 4.99. The summed E-state index contributed by atoms with van der Waals surface area (Å²) >= 11 is 3.38. The van der Waals surface area contributed by atoms with E-state index in [0.717, 1.165) is 15.0 Å². The largest absolute Gasteiger partial charge is 0.272 e. The normalized spacial score (nSPS) is 40.0. The number of benzene rings is 1. The number of carbonyl (C=O) groups is 2. The van der Waals surface area contributed by atoms with Gasteiger partial charge in [-0.15, -0.1) is 0 Å². The van der Waals surface area contributed by atoms with Crippen molar-refractivity contribution < 1.29 is 9.59 Å². The lowest BCUT2D eigenvalue weighted by atomic mass is 9.63. The number of hydrazone groups is 1. The zero-order chi connectivity index (χ0) is 15.7. The molecule has 2 bridgehead atoms. The van der Waals surface area contributed by atoms with E-state index in [1.807, 2.05) is 24.3 Å². The molecular formula is C18H15BrN2O2. The first-order valence-corrected chi connectivity index (χ1v) is 8.80. The molecule has 23 heavy (non-hydrogen) atoms. The molecule has 2 saturated carbocycles. The zero-order valence-corrected chi connectivity index (χ0v) is 13.9. The molecule has 0 spiro atoms. The monoisotopic (exact) mass is 370 g/mol. The summed E-state index contributed by atoms with van der Waals surface area (Å²) in [4.78, 5) is 25.5. The van der Waals surface area contributed by atoms with Crippen molar-refractivity contribution in [3.05, 3.63) is 46.5 Å². The van der Waals surface area contributed by atoms with Crippen LogP contribution in [0.25, 0.3) is 0 Å². The van der Waals surface area contributed by atoms with E-state index in [1.165, 1.54) is 6.42 Å². The van der Waals surface area contributed by atoms with Gasteiger partial charge in [-0.25, -0.2) is 0 Å². The first kappa shape index (κ1) is 13.7. The third-order valence-electron chi connectivity index (χ3n) is 5.83. The molecule has 0 unspecified atom stereocenters. The predicted octanol–water partition coefficient (Wildman–Crippen LogP) is 2.84. The first-order chi connectivity index (χ1) is 11.1. The van der Waals surface area contributed by atoms with Crippen molar-refractivity contribution in [3.8, 4) is 0 Å². The average Bonchev–Trinajstić information content (AvgIpc) is 3.33. The van der Waals surface area contributed by atoms with Crippen molar-refractivity contribution in [2.24, 2.45) is 40.6 Å². The first-order valence-electron chi connectivity index (χ1n) is 8.01. The van der Waals surface area contributed by atoms with Gasteiger partial charge in [-0.1, -0.05) is 40.2 Å². The van der Waals surface area contributed by atoms with E-state index in [1.54, 1.807) is 6.21 Å². The highest BCUT2D eigenvalue weighted by Gasteiger charge is 2.67. The molecule has 0 aromatic heterocycles. The molecule has 2 amide bonds. The van der Waals surface area contributed by atoms with Gasteiger partial charge in [-0.3, -0.25) is 9.59 Å². The van der Waals surface area contributed by atoms with Crippen LogP contribution in [-0.4, -0.2) is 23.0 Å². The Morgan fingerprint density at radius 3 is 2.13 bits per heavy atom. The van der Waals surface area contributed by atoms with Crippen LogP contribution in [0, 0.1) is 35.5 Å². The molecule has 116 valence electrons. The van der Waals surface area contributed by atoms with Gasteiger partial charge in [-0.05, 0) is 47.8 Å². The second-order valence-corrected chi connectivity index (χ2v) is 7.85. The Morgan fingerprint density at radius 1 is 1.00 bits per heavy atom. The molecule has 5 heteroatoms. The maximum atomic E-state index is 12.7. The molecule has 1 aromatic rings. The van der Waals surface area contributed by atoms with E-state index in [-0.39, 0.29) is 35.5 Å². The van der Waals surface area contributed by atoms with Gasteiger partial charge in [-0.2, -0.15) is 10.1 Å². The number of imide groups is 1. The van der Waals surface area contributed by atoms with Crippen molar-refractivity contribution in [1.82, 2.24) is 5.01 Å². The topological polar surface area (TPSA) is 49.7 Å². The van der Waals surface area contributed by atoms with Gasteiger partial charge in [0.2, 0.25) is 0 Å². The maximum absolute atomic E-state index is 12.7. The maximum Gasteiger partial charge on any atom is 0.254 e. The highest BCUT2D eigenvalue weighted by Crippen LogP contribution is 2.65. The second-order valence-electron chi connectivity index (χ2n) is 6.94. The number of nitrogens with zero attached hydrogens (tertiary/aromatic N) is 2. The molecule has 0 radical (unpaired) electrons. The van der Waals surface area contributed by atoms with Crippen molar-refractivity contribution in [2.75, 3.05) is 0 Å². The number of hydrogen-bond donors (Lipinski definition) is 0. The molecule has 5 aliphatic rings. The zero-order valence-electron chi connectivity index (χ0n) is 12.3. The van der Waals surface area contributed by atoms with E-state index in [9.17, 15) is 9.59 Å². The summed E-state index contributed by atoms with van der Waals surface area (Å²) in [5.74, 6) is 1.17. The Kier molecular flexibility index (Phi) is 2.75. The molecule has 1 aromatic carbocycles. The smallest absolute Gasteiger partial charge is 0.254 e. The molecule has 1 aliphatic heterocycles. The van der Waals surface area contributed by atoms with E-state index >= 15 is 0 Å². The van der Waals surface area contributed by atoms with Crippen LogP contribution in [0.1, 0.15) is 12.0 Å². The predicted molar refractivity (Wildman–Crippen MR) is 88.3 cm³/mol. The fraction of sp³-hybridized carbons (Fsp3) is 0.389. The quantitative estimate of drug-likeness (QED) is 0.456. The third kappa shape index (κ3) is 1.86. The summed E-state index contributed by atoms with van der Waals surface area (Å²) < 4.78 is 0.982. The Labute approximate surface area is 142 Å². The van der Waals surface area contributed by atoms with Crippen LogP contribution < -0.4 is 0 Å². The second kappa shape index (κ2) is 4.63. The highest BCUT2D eigenvalue weighted by atomic mass is 79.9. The molecule has 4 nitrogen and oxygen atoms in total. The average molecular weight is 371 g/mol. The lowest BCUT2D eigenvalue weighted by molar-refractivity contribution is -0.140. The summed E-state index contributed by atoms with van der Waals surface area (Å²) in [5, 5.41) is 5.33. The molecule has 6 atom stereocenters. The van der Waals surface area contributed by atoms with Gasteiger partial charge in [0.1, 0.15) is 0 Å². The van der Waals surface area contributed by atoms with Crippen molar-refractivity contribution in [3.63, 3.8) is 0 Å². The van der Waals surface area contributed by atoms with Crippen LogP contribution in [0.4, 0.5) is 0 Å². The van der Waals surface area contributed by atoms with Gasteiger partial charge in [0.15, 0.2) is 0 Å². The number of carbonyl (C=O) groups excluding carboxylic acids is 2. The third-order valence-corrected chi connectivity index (χ3v) is 6.36. The van der Waals surface area contributed by atoms with Crippen LogP contribution in [-0.2, 0) is 9.59 Å². The minimum Gasteiger partial charge on any atom is -0.272 e. The van der Waals surface area contributed by atoms with Gasteiger partial charge < -0.3 is 0 Å². The number of allylic oxidation sites excluding steroid dienone is 2.